The van der Waals surface area contributed by atoms with Crippen molar-refractivity contribution in [2.24, 2.45) is 5.41 Å². The van der Waals surface area contributed by atoms with Gasteiger partial charge in [-0.05, 0) is 74.2 Å². The van der Waals surface area contributed by atoms with Crippen molar-refractivity contribution in [3.05, 3.63) is 95.9 Å². The van der Waals surface area contributed by atoms with Crippen LogP contribution >= 0.6 is 0 Å². The van der Waals surface area contributed by atoms with Gasteiger partial charge in [-0.1, -0.05) is 30.3 Å². The smallest absolute Gasteiger partial charge is 0.242 e. The van der Waals surface area contributed by atoms with Gasteiger partial charge in [0.05, 0.1) is 23.3 Å². The Morgan fingerprint density at radius 2 is 1.71 bits per heavy atom. The summed E-state index contributed by atoms with van der Waals surface area (Å²) in [7, 11) is 1.71. The second kappa shape index (κ2) is 11.5. The molecule has 2 aromatic carbocycles. The number of carbonyl (C=O) groups is 3. The Labute approximate surface area is 240 Å². The van der Waals surface area contributed by atoms with E-state index < -0.39 is 5.41 Å². The maximum atomic E-state index is 13.7. The predicted molar refractivity (Wildman–Crippen MR) is 160 cm³/mol. The second-order valence-corrected chi connectivity index (χ2v) is 11.0. The fourth-order valence-electron chi connectivity index (χ4n) is 5.37. The van der Waals surface area contributed by atoms with Gasteiger partial charge in [-0.15, -0.1) is 0 Å². The Balaban J connectivity index is 1.44. The number of aromatic nitrogens is 2. The van der Waals surface area contributed by atoms with Gasteiger partial charge < -0.3 is 14.7 Å². The number of hydrogen-bond acceptors (Lipinski definition) is 5. The molecule has 3 heterocycles. The van der Waals surface area contributed by atoms with Crippen LogP contribution in [0.4, 0.5) is 11.4 Å². The molecule has 1 aliphatic heterocycles. The van der Waals surface area contributed by atoms with Gasteiger partial charge in [-0.3, -0.25) is 24.4 Å². The zero-order valence-corrected chi connectivity index (χ0v) is 24.0. The molecule has 3 amide bonds. The van der Waals surface area contributed by atoms with Crippen LogP contribution in [-0.2, 0) is 33.8 Å². The molecule has 8 nitrogen and oxygen atoms in total. The molecule has 1 aliphatic rings. The van der Waals surface area contributed by atoms with E-state index in [1.165, 1.54) is 0 Å². The molecule has 0 spiro atoms. The molecule has 0 aliphatic carbocycles. The summed E-state index contributed by atoms with van der Waals surface area (Å²) in [5.74, 6) is -0.498. The largest absolute Gasteiger partial charge is 0.338 e. The minimum absolute atomic E-state index is 0.0168. The summed E-state index contributed by atoms with van der Waals surface area (Å²) >= 11 is 0. The van der Waals surface area contributed by atoms with Gasteiger partial charge in [0.25, 0.3) is 0 Å². The van der Waals surface area contributed by atoms with Crippen LogP contribution in [0.2, 0.25) is 0 Å². The van der Waals surface area contributed by atoms with Gasteiger partial charge in [0, 0.05) is 50.7 Å². The molecule has 0 saturated heterocycles. The Hall–Kier alpha value is -4.59. The zero-order valence-electron chi connectivity index (χ0n) is 24.0. The van der Waals surface area contributed by atoms with E-state index in [1.807, 2.05) is 78.7 Å². The molecule has 0 saturated carbocycles. The van der Waals surface area contributed by atoms with Crippen LogP contribution in [-0.4, -0.2) is 52.7 Å². The Morgan fingerprint density at radius 3 is 2.46 bits per heavy atom. The number of amides is 3. The molecule has 0 radical (unpaired) electrons. The SMILES string of the molecule is CCN1C(=O)C(C)(C)C(=O)N(C)c2cc(CN(CCc3cccnc3)C(=O)Cc3cnc4ccccc4c3)ccc21. The number of nitrogens with zero attached hydrogens (tertiary/aromatic N) is 5. The molecule has 2 aromatic heterocycles. The molecular formula is C33H35N5O3. The van der Waals surface area contributed by atoms with Crippen molar-refractivity contribution < 1.29 is 14.4 Å². The number of anilines is 2. The lowest BCUT2D eigenvalue weighted by molar-refractivity contribution is -0.137. The average molecular weight is 550 g/mol. The number of pyridine rings is 2. The minimum Gasteiger partial charge on any atom is -0.338 e. The van der Waals surface area contributed by atoms with E-state index in [1.54, 1.807) is 43.1 Å². The molecule has 5 rings (SSSR count). The molecule has 0 unspecified atom stereocenters. The number of fused-ring (bicyclic) bond motifs is 2. The summed E-state index contributed by atoms with van der Waals surface area (Å²) in [5.41, 5.74) is 3.84. The van der Waals surface area contributed by atoms with Crippen molar-refractivity contribution in [1.29, 1.82) is 0 Å². The first-order valence-corrected chi connectivity index (χ1v) is 13.9. The number of carbonyl (C=O) groups excluding carboxylic acids is 3. The highest BCUT2D eigenvalue weighted by Gasteiger charge is 2.45. The van der Waals surface area contributed by atoms with Crippen LogP contribution in [0.25, 0.3) is 10.9 Å². The van der Waals surface area contributed by atoms with E-state index in [0.29, 0.717) is 37.4 Å². The van der Waals surface area contributed by atoms with Crippen molar-refractivity contribution in [1.82, 2.24) is 14.9 Å². The van der Waals surface area contributed by atoms with Crippen molar-refractivity contribution in [3.8, 4) is 0 Å². The fraction of sp³-hybridized carbons (Fsp3) is 0.303. The molecule has 8 heteroatoms. The highest BCUT2D eigenvalue weighted by atomic mass is 16.2. The third-order valence-corrected chi connectivity index (χ3v) is 7.75. The van der Waals surface area contributed by atoms with Gasteiger partial charge in [0.2, 0.25) is 17.7 Å². The lowest BCUT2D eigenvalue weighted by Gasteiger charge is -2.27. The maximum absolute atomic E-state index is 13.7. The summed E-state index contributed by atoms with van der Waals surface area (Å²) in [6.45, 7) is 6.56. The van der Waals surface area contributed by atoms with E-state index in [4.69, 9.17) is 0 Å². The Morgan fingerprint density at radius 1 is 0.902 bits per heavy atom. The quantitative estimate of drug-likeness (QED) is 0.295. The molecule has 4 aromatic rings. The van der Waals surface area contributed by atoms with E-state index in [9.17, 15) is 14.4 Å². The Bertz CT molecular complexity index is 1600. The second-order valence-electron chi connectivity index (χ2n) is 11.0. The van der Waals surface area contributed by atoms with Crippen molar-refractivity contribution >= 4 is 40.0 Å². The summed E-state index contributed by atoms with van der Waals surface area (Å²) in [6, 6.07) is 19.5. The van der Waals surface area contributed by atoms with Crippen molar-refractivity contribution in [3.63, 3.8) is 0 Å². The van der Waals surface area contributed by atoms with Crippen LogP contribution in [0.1, 0.15) is 37.5 Å². The number of para-hydroxylation sites is 1. The standard InChI is InChI=1S/C33H35N5O3/c1-5-38-28-13-12-24(18-29(28)36(4)31(40)33(2,3)32(38)41)22-37(16-14-23-9-8-15-34-20-23)30(39)19-25-17-26-10-6-7-11-27(26)35-21-25/h6-13,15,17-18,20-21H,5,14,16,19,22H2,1-4H3. The van der Waals surface area contributed by atoms with Crippen molar-refractivity contribution in [2.45, 2.75) is 40.2 Å². The average Bonchev–Trinajstić information content (AvgIpc) is 3.03. The van der Waals surface area contributed by atoms with Crippen LogP contribution in [0.3, 0.4) is 0 Å². The van der Waals surface area contributed by atoms with E-state index in [-0.39, 0.29) is 24.1 Å². The lowest BCUT2D eigenvalue weighted by Crippen LogP contribution is -2.47. The summed E-state index contributed by atoms with van der Waals surface area (Å²) < 4.78 is 0. The van der Waals surface area contributed by atoms with E-state index in [0.717, 1.165) is 27.6 Å². The van der Waals surface area contributed by atoms with Crippen LogP contribution < -0.4 is 9.80 Å². The Kier molecular flexibility index (Phi) is 7.83. The number of rotatable bonds is 8. The molecular weight excluding hydrogens is 514 g/mol. The topological polar surface area (TPSA) is 86.7 Å². The van der Waals surface area contributed by atoms with Gasteiger partial charge >= 0.3 is 0 Å². The maximum Gasteiger partial charge on any atom is 0.242 e. The molecule has 0 atom stereocenters. The fourth-order valence-corrected chi connectivity index (χ4v) is 5.37. The minimum atomic E-state index is -1.18. The highest BCUT2D eigenvalue weighted by Crippen LogP contribution is 2.39. The van der Waals surface area contributed by atoms with Gasteiger partial charge in [-0.2, -0.15) is 0 Å². The zero-order chi connectivity index (χ0) is 29.1. The highest BCUT2D eigenvalue weighted by molar-refractivity contribution is 6.19. The number of hydrogen-bond donors (Lipinski definition) is 0. The van der Waals surface area contributed by atoms with Gasteiger partial charge in [0.1, 0.15) is 5.41 Å². The summed E-state index contributed by atoms with van der Waals surface area (Å²) in [5, 5.41) is 0.996. The lowest BCUT2D eigenvalue weighted by atomic mass is 9.90. The molecule has 0 N–H and O–H groups in total. The first-order valence-electron chi connectivity index (χ1n) is 13.9. The molecule has 0 fully saturated rings. The van der Waals surface area contributed by atoms with Crippen molar-refractivity contribution in [2.75, 3.05) is 29.9 Å². The summed E-state index contributed by atoms with van der Waals surface area (Å²) in [6.07, 6.45) is 6.20. The molecule has 210 valence electrons. The monoisotopic (exact) mass is 549 g/mol. The third-order valence-electron chi connectivity index (χ3n) is 7.75. The first kappa shape index (κ1) is 28.0. The predicted octanol–water partition coefficient (Wildman–Crippen LogP) is 4.80. The molecule has 41 heavy (non-hydrogen) atoms. The normalized spacial score (nSPS) is 14.6. The first-order chi connectivity index (χ1) is 19.7. The van der Waals surface area contributed by atoms with Crippen LogP contribution in [0.5, 0.6) is 0 Å². The van der Waals surface area contributed by atoms with Crippen LogP contribution in [0.15, 0.2) is 79.3 Å². The summed E-state index contributed by atoms with van der Waals surface area (Å²) in [4.78, 5) is 54.1. The van der Waals surface area contributed by atoms with E-state index >= 15 is 0 Å². The number of benzene rings is 2. The molecule has 0 bridgehead atoms. The van der Waals surface area contributed by atoms with Gasteiger partial charge in [0.15, 0.2) is 0 Å². The van der Waals surface area contributed by atoms with Crippen LogP contribution in [0, 0.1) is 5.41 Å². The van der Waals surface area contributed by atoms with E-state index in [2.05, 4.69) is 9.97 Å². The van der Waals surface area contributed by atoms with Gasteiger partial charge in [-0.25, -0.2) is 0 Å². The third kappa shape index (κ3) is 5.68.